The summed E-state index contributed by atoms with van der Waals surface area (Å²) in [6.07, 6.45) is 3.55. The van der Waals surface area contributed by atoms with Gasteiger partial charge in [-0.05, 0) is 30.7 Å². The fourth-order valence-electron chi connectivity index (χ4n) is 2.65. The van der Waals surface area contributed by atoms with Crippen molar-refractivity contribution in [1.82, 2.24) is 25.4 Å². The van der Waals surface area contributed by atoms with E-state index in [4.69, 9.17) is 9.47 Å². The molecule has 0 aliphatic rings. The van der Waals surface area contributed by atoms with Crippen LogP contribution in [-0.4, -0.2) is 34.4 Å². The maximum atomic E-state index is 5.85. The zero-order valence-corrected chi connectivity index (χ0v) is 16.9. The number of hydrogen-bond acceptors (Lipinski definition) is 5. The molecule has 0 aliphatic heterocycles. The van der Waals surface area contributed by atoms with Crippen molar-refractivity contribution in [1.29, 1.82) is 0 Å². The summed E-state index contributed by atoms with van der Waals surface area (Å²) >= 11 is 0. The molecule has 8 nitrogen and oxygen atoms in total. The first-order valence-electron chi connectivity index (χ1n) is 9.45. The van der Waals surface area contributed by atoms with Gasteiger partial charge in [-0.15, -0.1) is 0 Å². The second kappa shape index (κ2) is 10.1. The predicted molar refractivity (Wildman–Crippen MR) is 112 cm³/mol. The van der Waals surface area contributed by atoms with Crippen LogP contribution in [-0.2, 0) is 20.1 Å². The number of benzene rings is 1. The largest absolute Gasteiger partial charge is 0.490 e. The van der Waals surface area contributed by atoms with Gasteiger partial charge in [-0.1, -0.05) is 18.2 Å². The molecule has 0 bridgehead atoms. The Bertz CT molecular complexity index is 936. The molecule has 0 unspecified atom stereocenters. The quantitative estimate of drug-likeness (QED) is 0.451. The van der Waals surface area contributed by atoms with E-state index < -0.39 is 0 Å². The molecule has 2 heterocycles. The summed E-state index contributed by atoms with van der Waals surface area (Å²) in [6, 6.07) is 13.3. The van der Waals surface area contributed by atoms with E-state index in [2.05, 4.69) is 25.7 Å². The highest BCUT2D eigenvalue weighted by atomic mass is 16.5. The number of hydrogen-bond donors (Lipinski definition) is 2. The summed E-state index contributed by atoms with van der Waals surface area (Å²) in [5.41, 5.74) is 2.09. The van der Waals surface area contributed by atoms with Crippen LogP contribution in [0, 0.1) is 0 Å². The van der Waals surface area contributed by atoms with Crippen LogP contribution in [0.5, 0.6) is 17.4 Å². The van der Waals surface area contributed by atoms with Gasteiger partial charge in [0.2, 0.25) is 5.88 Å². The number of para-hydroxylation sites is 2. The summed E-state index contributed by atoms with van der Waals surface area (Å²) in [5, 5.41) is 10.7. The fourth-order valence-corrected chi connectivity index (χ4v) is 2.65. The van der Waals surface area contributed by atoms with Gasteiger partial charge >= 0.3 is 0 Å². The topological polar surface area (TPSA) is 85.6 Å². The van der Waals surface area contributed by atoms with Crippen LogP contribution in [0.2, 0.25) is 0 Å². The SMILES string of the molecule is CCOc1ccccc1Oc1ccc(CNC(=NC)NCc2ccnn2C)cn1. The van der Waals surface area contributed by atoms with Crippen LogP contribution in [0.1, 0.15) is 18.2 Å². The molecule has 8 heteroatoms. The smallest absolute Gasteiger partial charge is 0.219 e. The first-order valence-corrected chi connectivity index (χ1v) is 9.45. The van der Waals surface area contributed by atoms with Crippen LogP contribution in [0.15, 0.2) is 59.9 Å². The highest BCUT2D eigenvalue weighted by molar-refractivity contribution is 5.79. The minimum atomic E-state index is 0.514. The molecule has 0 amide bonds. The average Bonchev–Trinajstić information content (AvgIpc) is 3.16. The molecule has 29 heavy (non-hydrogen) atoms. The molecular formula is C21H26N6O2. The fraction of sp³-hybridized carbons (Fsp3) is 0.286. The van der Waals surface area contributed by atoms with Crippen LogP contribution >= 0.6 is 0 Å². The summed E-state index contributed by atoms with van der Waals surface area (Å²) in [7, 11) is 3.65. The van der Waals surface area contributed by atoms with Crippen molar-refractivity contribution in [3.8, 4) is 17.4 Å². The Labute approximate surface area is 170 Å². The Morgan fingerprint density at radius 3 is 2.52 bits per heavy atom. The van der Waals surface area contributed by atoms with Gasteiger partial charge in [-0.25, -0.2) is 4.98 Å². The van der Waals surface area contributed by atoms with Gasteiger partial charge in [0.1, 0.15) is 0 Å². The van der Waals surface area contributed by atoms with E-state index in [1.165, 1.54) is 0 Å². The number of ether oxygens (including phenoxy) is 2. The highest BCUT2D eigenvalue weighted by Crippen LogP contribution is 2.30. The molecule has 3 rings (SSSR count). The first-order chi connectivity index (χ1) is 14.2. The number of aliphatic imine (C=N–C) groups is 1. The lowest BCUT2D eigenvalue weighted by Crippen LogP contribution is -2.36. The van der Waals surface area contributed by atoms with Gasteiger partial charge in [0.05, 0.1) is 18.8 Å². The second-order valence-corrected chi connectivity index (χ2v) is 6.21. The lowest BCUT2D eigenvalue weighted by atomic mass is 10.3. The van der Waals surface area contributed by atoms with E-state index in [0.29, 0.717) is 43.0 Å². The zero-order valence-electron chi connectivity index (χ0n) is 16.9. The Hall–Kier alpha value is -3.55. The van der Waals surface area contributed by atoms with Gasteiger partial charge in [0.25, 0.3) is 0 Å². The van der Waals surface area contributed by atoms with E-state index >= 15 is 0 Å². The van der Waals surface area contributed by atoms with Gasteiger partial charge < -0.3 is 20.1 Å². The highest BCUT2D eigenvalue weighted by Gasteiger charge is 2.07. The first kappa shape index (κ1) is 20.2. The number of aryl methyl sites for hydroxylation is 1. The lowest BCUT2D eigenvalue weighted by molar-refractivity contribution is 0.319. The third-order valence-electron chi connectivity index (χ3n) is 4.20. The predicted octanol–water partition coefficient (Wildman–Crippen LogP) is 2.87. The summed E-state index contributed by atoms with van der Waals surface area (Å²) in [5.74, 6) is 2.56. The molecule has 0 aliphatic carbocycles. The maximum Gasteiger partial charge on any atom is 0.219 e. The molecule has 0 saturated carbocycles. The maximum absolute atomic E-state index is 5.85. The molecule has 0 fully saturated rings. The van der Waals surface area contributed by atoms with Crippen molar-refractivity contribution in [2.75, 3.05) is 13.7 Å². The number of nitrogens with zero attached hydrogens (tertiary/aromatic N) is 4. The molecule has 1 aromatic carbocycles. The molecule has 2 aromatic heterocycles. The standard InChI is InChI=1S/C21H26N6O2/c1-4-28-18-7-5-6-8-19(18)29-20-10-9-16(13-23-20)14-24-21(22-2)25-15-17-11-12-26-27(17)3/h5-13H,4,14-15H2,1-3H3,(H2,22,24,25). The Balaban J connectivity index is 1.53. The van der Waals surface area contributed by atoms with E-state index in [9.17, 15) is 0 Å². The molecular weight excluding hydrogens is 368 g/mol. The number of aromatic nitrogens is 3. The van der Waals surface area contributed by atoms with E-state index in [0.717, 1.165) is 11.3 Å². The Morgan fingerprint density at radius 1 is 1.07 bits per heavy atom. The van der Waals surface area contributed by atoms with Crippen molar-refractivity contribution in [2.24, 2.45) is 12.0 Å². The number of guanidine groups is 1. The number of pyridine rings is 1. The molecule has 152 valence electrons. The summed E-state index contributed by atoms with van der Waals surface area (Å²) in [4.78, 5) is 8.63. The van der Waals surface area contributed by atoms with Crippen molar-refractivity contribution in [2.45, 2.75) is 20.0 Å². The van der Waals surface area contributed by atoms with Gasteiger partial charge in [-0.3, -0.25) is 9.67 Å². The summed E-state index contributed by atoms with van der Waals surface area (Å²) < 4.78 is 13.3. The van der Waals surface area contributed by atoms with Crippen molar-refractivity contribution < 1.29 is 9.47 Å². The second-order valence-electron chi connectivity index (χ2n) is 6.21. The van der Waals surface area contributed by atoms with Gasteiger partial charge in [-0.2, -0.15) is 5.10 Å². The zero-order chi connectivity index (χ0) is 20.5. The minimum absolute atomic E-state index is 0.514. The van der Waals surface area contributed by atoms with Crippen molar-refractivity contribution >= 4 is 5.96 Å². The Morgan fingerprint density at radius 2 is 1.86 bits per heavy atom. The van der Waals surface area contributed by atoms with E-state index in [1.807, 2.05) is 61.1 Å². The molecule has 0 spiro atoms. The number of nitrogens with one attached hydrogen (secondary N) is 2. The van der Waals surface area contributed by atoms with Crippen LogP contribution in [0.4, 0.5) is 0 Å². The monoisotopic (exact) mass is 394 g/mol. The third-order valence-corrected chi connectivity index (χ3v) is 4.20. The molecule has 3 aromatic rings. The van der Waals surface area contributed by atoms with Crippen LogP contribution in [0.3, 0.4) is 0 Å². The van der Waals surface area contributed by atoms with Crippen LogP contribution < -0.4 is 20.1 Å². The van der Waals surface area contributed by atoms with E-state index in [1.54, 1.807) is 19.4 Å². The van der Waals surface area contributed by atoms with Crippen molar-refractivity contribution in [3.63, 3.8) is 0 Å². The Kier molecular flexibility index (Phi) is 7.05. The molecule has 0 atom stereocenters. The molecule has 0 radical (unpaired) electrons. The average molecular weight is 394 g/mol. The molecule has 2 N–H and O–H groups in total. The molecule has 0 saturated heterocycles. The van der Waals surface area contributed by atoms with Crippen LogP contribution in [0.25, 0.3) is 0 Å². The van der Waals surface area contributed by atoms with E-state index in [-0.39, 0.29) is 0 Å². The minimum Gasteiger partial charge on any atom is -0.490 e. The van der Waals surface area contributed by atoms with Gasteiger partial charge in [0.15, 0.2) is 17.5 Å². The number of rotatable bonds is 8. The van der Waals surface area contributed by atoms with Crippen molar-refractivity contribution in [3.05, 3.63) is 66.1 Å². The third kappa shape index (κ3) is 5.71. The normalized spacial score (nSPS) is 11.2. The lowest BCUT2D eigenvalue weighted by Gasteiger charge is -2.13. The summed E-state index contributed by atoms with van der Waals surface area (Å²) in [6.45, 7) is 3.75. The van der Waals surface area contributed by atoms with Gasteiger partial charge in [0, 0.05) is 39.1 Å².